The van der Waals surface area contributed by atoms with E-state index >= 15 is 0 Å². The van der Waals surface area contributed by atoms with E-state index in [-0.39, 0.29) is 0 Å². The molecule has 0 aromatic heterocycles. The fourth-order valence-corrected chi connectivity index (χ4v) is 2.86. The van der Waals surface area contributed by atoms with Gasteiger partial charge in [0.1, 0.15) is 0 Å². The van der Waals surface area contributed by atoms with Crippen molar-refractivity contribution < 1.29 is 8.42 Å². The maximum absolute atomic E-state index is 11.3. The molecule has 3 nitrogen and oxygen atoms in total. The maximum Gasteiger partial charge on any atom is 0.175 e. The quantitative estimate of drug-likeness (QED) is 0.691. The molecular formula is C14H23NO2S2. The predicted molar refractivity (Wildman–Crippen MR) is 83.8 cm³/mol. The van der Waals surface area contributed by atoms with Crippen LogP contribution in [0.2, 0.25) is 0 Å². The minimum Gasteiger partial charge on any atom is -0.306 e. The van der Waals surface area contributed by atoms with E-state index in [9.17, 15) is 8.42 Å². The molecule has 1 aromatic rings. The molecule has 19 heavy (non-hydrogen) atoms. The van der Waals surface area contributed by atoms with Gasteiger partial charge in [0.2, 0.25) is 0 Å². The SMILES string of the molecule is CSCCCN(C)CCc1ccc(S(C)(=O)=O)cc1. The van der Waals surface area contributed by atoms with Crippen LogP contribution >= 0.6 is 11.8 Å². The molecule has 0 heterocycles. The van der Waals surface area contributed by atoms with Crippen molar-refractivity contribution in [2.24, 2.45) is 0 Å². The number of rotatable bonds is 8. The van der Waals surface area contributed by atoms with Gasteiger partial charge in [-0.3, -0.25) is 0 Å². The van der Waals surface area contributed by atoms with Gasteiger partial charge in [-0.1, -0.05) is 12.1 Å². The first-order chi connectivity index (χ1) is 8.93. The van der Waals surface area contributed by atoms with Crippen molar-refractivity contribution in [3.63, 3.8) is 0 Å². The standard InChI is InChI=1S/C14H23NO2S2/c1-15(10-4-12-18-2)11-9-13-5-7-14(8-6-13)19(3,16)17/h5-8H,4,9-12H2,1-3H3. The Kier molecular flexibility index (Phi) is 6.89. The monoisotopic (exact) mass is 301 g/mol. The molecule has 0 spiro atoms. The molecule has 0 radical (unpaired) electrons. The second kappa shape index (κ2) is 7.92. The summed E-state index contributed by atoms with van der Waals surface area (Å²) in [5.74, 6) is 1.20. The lowest BCUT2D eigenvalue weighted by molar-refractivity contribution is 0.340. The topological polar surface area (TPSA) is 37.4 Å². The average molecular weight is 301 g/mol. The highest BCUT2D eigenvalue weighted by Gasteiger charge is 2.06. The molecule has 0 fully saturated rings. The van der Waals surface area contributed by atoms with Gasteiger partial charge >= 0.3 is 0 Å². The number of sulfone groups is 1. The third-order valence-electron chi connectivity index (χ3n) is 3.02. The van der Waals surface area contributed by atoms with Gasteiger partial charge in [-0.05, 0) is 56.1 Å². The zero-order valence-electron chi connectivity index (χ0n) is 11.9. The third kappa shape index (κ3) is 6.45. The minimum absolute atomic E-state index is 0.393. The maximum atomic E-state index is 11.3. The molecule has 0 saturated carbocycles. The van der Waals surface area contributed by atoms with Crippen LogP contribution in [0.25, 0.3) is 0 Å². The molecule has 0 unspecified atom stereocenters. The lowest BCUT2D eigenvalue weighted by Gasteiger charge is -2.16. The molecule has 0 aliphatic rings. The molecule has 5 heteroatoms. The molecule has 108 valence electrons. The number of hydrogen-bond acceptors (Lipinski definition) is 4. The Hall–Kier alpha value is -0.520. The van der Waals surface area contributed by atoms with Crippen LogP contribution in [0.1, 0.15) is 12.0 Å². The first-order valence-electron chi connectivity index (χ1n) is 6.40. The van der Waals surface area contributed by atoms with Crippen LogP contribution in [0.15, 0.2) is 29.2 Å². The summed E-state index contributed by atoms with van der Waals surface area (Å²) in [5, 5.41) is 0. The van der Waals surface area contributed by atoms with E-state index < -0.39 is 9.84 Å². The summed E-state index contributed by atoms with van der Waals surface area (Å²) in [6.07, 6.45) is 5.54. The molecule has 0 amide bonds. The number of benzene rings is 1. The molecule has 0 bridgehead atoms. The molecular weight excluding hydrogens is 278 g/mol. The molecule has 1 rings (SSSR count). The predicted octanol–water partition coefficient (Wildman–Crippen LogP) is 2.32. The van der Waals surface area contributed by atoms with Crippen molar-refractivity contribution in [3.05, 3.63) is 29.8 Å². The fraction of sp³-hybridized carbons (Fsp3) is 0.571. The highest BCUT2D eigenvalue weighted by atomic mass is 32.2. The highest BCUT2D eigenvalue weighted by molar-refractivity contribution is 7.98. The van der Waals surface area contributed by atoms with E-state index in [1.807, 2.05) is 23.9 Å². The second-order valence-electron chi connectivity index (χ2n) is 4.82. The summed E-state index contributed by atoms with van der Waals surface area (Å²) in [6, 6.07) is 7.20. The summed E-state index contributed by atoms with van der Waals surface area (Å²) in [7, 11) is -0.948. The largest absolute Gasteiger partial charge is 0.306 e. The first kappa shape index (κ1) is 16.5. The van der Waals surface area contributed by atoms with Gasteiger partial charge in [-0.15, -0.1) is 0 Å². The van der Waals surface area contributed by atoms with Gasteiger partial charge in [0.05, 0.1) is 4.90 Å². The summed E-state index contributed by atoms with van der Waals surface area (Å²) < 4.78 is 22.7. The van der Waals surface area contributed by atoms with Gasteiger partial charge < -0.3 is 4.90 Å². The number of likely N-dealkylation sites (N-methyl/N-ethyl adjacent to an activating group) is 1. The molecule has 0 aliphatic carbocycles. The van der Waals surface area contributed by atoms with Crippen LogP contribution in [0, 0.1) is 0 Å². The van der Waals surface area contributed by atoms with Gasteiger partial charge in [0.15, 0.2) is 9.84 Å². The van der Waals surface area contributed by atoms with Crippen molar-refractivity contribution in [2.75, 3.05) is 38.4 Å². The van der Waals surface area contributed by atoms with E-state index in [4.69, 9.17) is 0 Å². The van der Waals surface area contributed by atoms with Crippen molar-refractivity contribution in [2.45, 2.75) is 17.7 Å². The van der Waals surface area contributed by atoms with Crippen LogP contribution in [0.5, 0.6) is 0 Å². The zero-order chi connectivity index (χ0) is 14.3. The molecule has 0 aliphatic heterocycles. The van der Waals surface area contributed by atoms with Gasteiger partial charge in [0.25, 0.3) is 0 Å². The van der Waals surface area contributed by atoms with Crippen LogP contribution in [-0.2, 0) is 16.3 Å². The zero-order valence-corrected chi connectivity index (χ0v) is 13.6. The lowest BCUT2D eigenvalue weighted by atomic mass is 10.1. The summed E-state index contributed by atoms with van der Waals surface area (Å²) in [5.41, 5.74) is 1.18. The fourth-order valence-electron chi connectivity index (χ4n) is 1.81. The third-order valence-corrected chi connectivity index (χ3v) is 4.85. The smallest absolute Gasteiger partial charge is 0.175 e. The first-order valence-corrected chi connectivity index (χ1v) is 9.68. The van der Waals surface area contributed by atoms with Crippen LogP contribution in [-0.4, -0.2) is 51.7 Å². The molecule has 1 aromatic carbocycles. The lowest BCUT2D eigenvalue weighted by Crippen LogP contribution is -2.22. The Labute approximate surface area is 121 Å². The Bertz CT molecular complexity index is 469. The highest BCUT2D eigenvalue weighted by Crippen LogP contribution is 2.11. The van der Waals surface area contributed by atoms with Crippen molar-refractivity contribution in [1.29, 1.82) is 0 Å². The second-order valence-corrected chi connectivity index (χ2v) is 7.82. The summed E-state index contributed by atoms with van der Waals surface area (Å²) in [4.78, 5) is 2.71. The van der Waals surface area contributed by atoms with Gasteiger partial charge in [-0.2, -0.15) is 11.8 Å². The van der Waals surface area contributed by atoms with Crippen molar-refractivity contribution in [3.8, 4) is 0 Å². The minimum atomic E-state index is -3.08. The Balaban J connectivity index is 2.42. The van der Waals surface area contributed by atoms with Gasteiger partial charge in [-0.25, -0.2) is 8.42 Å². The van der Waals surface area contributed by atoms with Crippen molar-refractivity contribution in [1.82, 2.24) is 4.90 Å². The number of nitrogens with zero attached hydrogens (tertiary/aromatic N) is 1. The van der Waals surface area contributed by atoms with E-state index in [1.54, 1.807) is 12.1 Å². The average Bonchev–Trinajstić information content (AvgIpc) is 2.36. The summed E-state index contributed by atoms with van der Waals surface area (Å²) >= 11 is 1.88. The normalized spacial score (nSPS) is 12.0. The molecule has 0 saturated heterocycles. The Morgan fingerprint density at radius 3 is 2.32 bits per heavy atom. The number of hydrogen-bond donors (Lipinski definition) is 0. The van der Waals surface area contributed by atoms with E-state index in [0.717, 1.165) is 19.5 Å². The van der Waals surface area contributed by atoms with Crippen LogP contribution < -0.4 is 0 Å². The number of thioether (sulfide) groups is 1. The van der Waals surface area contributed by atoms with Crippen LogP contribution in [0.3, 0.4) is 0 Å². The van der Waals surface area contributed by atoms with E-state index in [2.05, 4.69) is 18.2 Å². The van der Waals surface area contributed by atoms with Gasteiger partial charge in [0, 0.05) is 12.8 Å². The summed E-state index contributed by atoms with van der Waals surface area (Å²) in [6.45, 7) is 2.12. The van der Waals surface area contributed by atoms with E-state index in [1.165, 1.54) is 24.0 Å². The Morgan fingerprint density at radius 1 is 1.16 bits per heavy atom. The Morgan fingerprint density at radius 2 is 1.79 bits per heavy atom. The van der Waals surface area contributed by atoms with Crippen LogP contribution in [0.4, 0.5) is 0 Å². The molecule has 0 atom stereocenters. The van der Waals surface area contributed by atoms with Crippen molar-refractivity contribution >= 4 is 21.6 Å². The molecule has 0 N–H and O–H groups in total. The van der Waals surface area contributed by atoms with E-state index in [0.29, 0.717) is 4.90 Å².